The second-order valence-electron chi connectivity index (χ2n) is 5.39. The lowest BCUT2D eigenvalue weighted by Gasteiger charge is -2.11. The Morgan fingerprint density at radius 2 is 2.09 bits per heavy atom. The Balaban J connectivity index is 1.78. The van der Waals surface area contributed by atoms with Gasteiger partial charge < -0.3 is 15.2 Å². The number of aliphatic imine (C=N–C) groups is 1. The van der Waals surface area contributed by atoms with E-state index < -0.39 is 0 Å². The maximum Gasteiger partial charge on any atom is 0.228 e. The molecular weight excluding hydrogens is 314 g/mol. The highest BCUT2D eigenvalue weighted by molar-refractivity contribution is 6.31. The van der Waals surface area contributed by atoms with Crippen LogP contribution in [0.15, 0.2) is 33.8 Å². The summed E-state index contributed by atoms with van der Waals surface area (Å²) < 4.78 is 5.21. The van der Waals surface area contributed by atoms with Crippen LogP contribution < -0.4 is 10.6 Å². The third-order valence-electron chi connectivity index (χ3n) is 3.26. The van der Waals surface area contributed by atoms with E-state index in [9.17, 15) is 0 Å². The number of nitrogens with one attached hydrogen (secondary N) is 2. The maximum atomic E-state index is 6.14. The largest absolute Gasteiger partial charge is 0.356 e. The van der Waals surface area contributed by atoms with Gasteiger partial charge in [0, 0.05) is 37.5 Å². The van der Waals surface area contributed by atoms with Crippen molar-refractivity contribution in [1.82, 2.24) is 20.8 Å². The van der Waals surface area contributed by atoms with Gasteiger partial charge in [-0.05, 0) is 11.6 Å². The summed E-state index contributed by atoms with van der Waals surface area (Å²) >= 11 is 6.14. The van der Waals surface area contributed by atoms with Crippen LogP contribution in [0.2, 0.25) is 5.02 Å². The van der Waals surface area contributed by atoms with Crippen molar-refractivity contribution in [3.05, 3.63) is 46.6 Å². The third-order valence-corrected chi connectivity index (χ3v) is 3.63. The molecule has 1 aromatic heterocycles. The predicted molar refractivity (Wildman–Crippen MR) is 91.7 cm³/mol. The van der Waals surface area contributed by atoms with E-state index in [2.05, 4.69) is 25.8 Å². The van der Waals surface area contributed by atoms with Gasteiger partial charge in [0.1, 0.15) is 0 Å². The highest BCUT2D eigenvalue weighted by atomic mass is 35.5. The molecule has 0 fully saturated rings. The van der Waals surface area contributed by atoms with Crippen molar-refractivity contribution in [2.45, 2.75) is 32.7 Å². The standard InChI is InChI=1S/C16H22ClN5O/c1-11(2)15-21-14(23-22-15)8-9-19-16(18-3)20-10-12-6-4-5-7-13(12)17/h4-7,11H,8-10H2,1-3H3,(H2,18,19,20). The highest BCUT2D eigenvalue weighted by Crippen LogP contribution is 2.14. The summed E-state index contributed by atoms with van der Waals surface area (Å²) in [5.74, 6) is 2.34. The van der Waals surface area contributed by atoms with Crippen LogP contribution in [0.3, 0.4) is 0 Å². The molecule has 0 unspecified atom stereocenters. The first kappa shape index (κ1) is 17.3. The second-order valence-corrected chi connectivity index (χ2v) is 5.80. The molecular formula is C16H22ClN5O. The molecule has 0 aliphatic heterocycles. The molecule has 0 spiro atoms. The van der Waals surface area contributed by atoms with Crippen LogP contribution in [0.1, 0.15) is 37.0 Å². The molecule has 1 aromatic carbocycles. The van der Waals surface area contributed by atoms with Crippen LogP contribution in [0, 0.1) is 0 Å². The van der Waals surface area contributed by atoms with E-state index >= 15 is 0 Å². The van der Waals surface area contributed by atoms with Gasteiger partial charge in [0.05, 0.1) is 0 Å². The molecule has 124 valence electrons. The zero-order valence-electron chi connectivity index (χ0n) is 13.6. The zero-order valence-corrected chi connectivity index (χ0v) is 14.4. The van der Waals surface area contributed by atoms with E-state index in [-0.39, 0.29) is 5.92 Å². The van der Waals surface area contributed by atoms with Gasteiger partial charge in [0.15, 0.2) is 11.8 Å². The van der Waals surface area contributed by atoms with E-state index in [1.165, 1.54) is 0 Å². The van der Waals surface area contributed by atoms with Crippen molar-refractivity contribution in [3.63, 3.8) is 0 Å². The molecule has 0 amide bonds. The lowest BCUT2D eigenvalue weighted by Crippen LogP contribution is -2.37. The molecule has 0 saturated heterocycles. The van der Waals surface area contributed by atoms with Crippen molar-refractivity contribution in [2.24, 2.45) is 4.99 Å². The molecule has 0 aliphatic carbocycles. The zero-order chi connectivity index (χ0) is 16.7. The number of hydrogen-bond donors (Lipinski definition) is 2. The van der Waals surface area contributed by atoms with Crippen LogP contribution in [-0.4, -0.2) is 29.7 Å². The third kappa shape index (κ3) is 5.25. The molecule has 1 heterocycles. The Bertz CT molecular complexity index is 653. The van der Waals surface area contributed by atoms with Crippen LogP contribution in [-0.2, 0) is 13.0 Å². The second kappa shape index (κ2) is 8.53. The summed E-state index contributed by atoms with van der Waals surface area (Å²) in [6.45, 7) is 5.33. The Labute approximate surface area is 141 Å². The first-order chi connectivity index (χ1) is 11.1. The van der Waals surface area contributed by atoms with Crippen molar-refractivity contribution in [1.29, 1.82) is 0 Å². The van der Waals surface area contributed by atoms with Gasteiger partial charge in [0.2, 0.25) is 5.89 Å². The number of rotatable bonds is 6. The summed E-state index contributed by atoms with van der Waals surface area (Å²) in [5.41, 5.74) is 1.02. The first-order valence-corrected chi connectivity index (χ1v) is 7.98. The van der Waals surface area contributed by atoms with Gasteiger partial charge in [0.25, 0.3) is 0 Å². The van der Waals surface area contributed by atoms with Gasteiger partial charge in [-0.2, -0.15) is 4.98 Å². The quantitative estimate of drug-likeness (QED) is 0.627. The fourth-order valence-corrected chi connectivity index (χ4v) is 2.14. The summed E-state index contributed by atoms with van der Waals surface area (Å²) in [6, 6.07) is 7.72. The van der Waals surface area contributed by atoms with E-state index in [1.807, 2.05) is 38.1 Å². The molecule has 2 N–H and O–H groups in total. The van der Waals surface area contributed by atoms with Gasteiger partial charge >= 0.3 is 0 Å². The van der Waals surface area contributed by atoms with E-state index in [0.29, 0.717) is 31.4 Å². The topological polar surface area (TPSA) is 75.3 Å². The lowest BCUT2D eigenvalue weighted by molar-refractivity contribution is 0.371. The molecule has 6 nitrogen and oxygen atoms in total. The Morgan fingerprint density at radius 1 is 1.30 bits per heavy atom. The average Bonchev–Trinajstić information content (AvgIpc) is 3.01. The minimum absolute atomic E-state index is 0.269. The lowest BCUT2D eigenvalue weighted by atomic mass is 10.2. The summed E-state index contributed by atoms with van der Waals surface area (Å²) in [4.78, 5) is 8.52. The predicted octanol–water partition coefficient (Wildman–Crippen LogP) is 2.75. The summed E-state index contributed by atoms with van der Waals surface area (Å²) in [7, 11) is 1.73. The monoisotopic (exact) mass is 335 g/mol. The van der Waals surface area contributed by atoms with Crippen LogP contribution >= 0.6 is 11.6 Å². The van der Waals surface area contributed by atoms with E-state index in [0.717, 1.165) is 16.4 Å². The van der Waals surface area contributed by atoms with Crippen LogP contribution in [0.4, 0.5) is 0 Å². The first-order valence-electron chi connectivity index (χ1n) is 7.60. The van der Waals surface area contributed by atoms with E-state index in [1.54, 1.807) is 7.05 Å². The Kier molecular flexibility index (Phi) is 6.40. The summed E-state index contributed by atoms with van der Waals surface area (Å²) in [6.07, 6.45) is 0.645. The highest BCUT2D eigenvalue weighted by Gasteiger charge is 2.09. The summed E-state index contributed by atoms with van der Waals surface area (Å²) in [5, 5.41) is 11.1. The Morgan fingerprint density at radius 3 is 2.74 bits per heavy atom. The molecule has 0 saturated carbocycles. The molecule has 2 aromatic rings. The van der Waals surface area contributed by atoms with Crippen molar-refractivity contribution in [2.75, 3.05) is 13.6 Å². The molecule has 0 aliphatic rings. The molecule has 0 atom stereocenters. The molecule has 0 radical (unpaired) electrons. The van der Waals surface area contributed by atoms with Gasteiger partial charge in [-0.25, -0.2) is 0 Å². The normalized spacial score (nSPS) is 11.8. The number of guanidine groups is 1. The van der Waals surface area contributed by atoms with Gasteiger partial charge in [-0.1, -0.05) is 48.8 Å². The fraction of sp³-hybridized carbons (Fsp3) is 0.438. The van der Waals surface area contributed by atoms with Crippen LogP contribution in [0.5, 0.6) is 0 Å². The molecule has 2 rings (SSSR count). The van der Waals surface area contributed by atoms with Gasteiger partial charge in [-0.3, -0.25) is 4.99 Å². The van der Waals surface area contributed by atoms with Gasteiger partial charge in [-0.15, -0.1) is 0 Å². The van der Waals surface area contributed by atoms with E-state index in [4.69, 9.17) is 16.1 Å². The van der Waals surface area contributed by atoms with Crippen molar-refractivity contribution < 1.29 is 4.52 Å². The smallest absolute Gasteiger partial charge is 0.228 e. The number of benzene rings is 1. The molecule has 23 heavy (non-hydrogen) atoms. The number of hydrogen-bond acceptors (Lipinski definition) is 4. The molecule has 0 bridgehead atoms. The van der Waals surface area contributed by atoms with Crippen molar-refractivity contribution >= 4 is 17.6 Å². The van der Waals surface area contributed by atoms with Crippen molar-refractivity contribution in [3.8, 4) is 0 Å². The number of nitrogens with zero attached hydrogens (tertiary/aromatic N) is 3. The van der Waals surface area contributed by atoms with Crippen LogP contribution in [0.25, 0.3) is 0 Å². The Hall–Kier alpha value is -2.08. The molecule has 7 heteroatoms. The average molecular weight is 336 g/mol. The maximum absolute atomic E-state index is 6.14. The SMILES string of the molecule is CN=C(NCCc1nc(C(C)C)no1)NCc1ccccc1Cl. The number of aromatic nitrogens is 2. The fourth-order valence-electron chi connectivity index (χ4n) is 1.93. The minimum Gasteiger partial charge on any atom is -0.356 e. The number of halogens is 1. The minimum atomic E-state index is 0.269.